The molecule has 0 fully saturated rings. The van der Waals surface area contributed by atoms with Crippen LogP contribution in [-0.2, 0) is 16.6 Å². The van der Waals surface area contributed by atoms with E-state index < -0.39 is 28.9 Å². The van der Waals surface area contributed by atoms with Gasteiger partial charge in [-0.1, -0.05) is 0 Å². The van der Waals surface area contributed by atoms with Gasteiger partial charge >= 0.3 is 5.97 Å². The molecule has 23 heavy (non-hydrogen) atoms. The summed E-state index contributed by atoms with van der Waals surface area (Å²) in [5, 5.41) is 0.355. The number of fused-ring (bicyclic) bond motifs is 1. The Kier molecular flexibility index (Phi) is 3.98. The molecule has 1 heterocycles. The number of ether oxygens (including phenoxy) is 1. The van der Waals surface area contributed by atoms with Gasteiger partial charge in [0, 0.05) is 12.4 Å². The number of ketones is 1. The number of primary amides is 1. The van der Waals surface area contributed by atoms with Crippen LogP contribution < -0.4 is 5.73 Å². The molecule has 0 saturated heterocycles. The Morgan fingerprint density at radius 1 is 1.26 bits per heavy atom. The number of carbonyl (C=O) groups is 3. The molecule has 2 aromatic rings. The second-order valence-corrected chi connectivity index (χ2v) is 5.75. The number of carbonyl (C=O) groups excluding carboxylic acids is 3. The smallest absolute Gasteiger partial charge is 0.355 e. The van der Waals surface area contributed by atoms with E-state index in [9.17, 15) is 18.8 Å². The number of aryl methyl sites for hydroxylation is 1. The first kappa shape index (κ1) is 16.7. The van der Waals surface area contributed by atoms with Gasteiger partial charge in [-0.3, -0.25) is 9.59 Å². The van der Waals surface area contributed by atoms with Crippen LogP contribution in [0.2, 0.25) is 0 Å². The van der Waals surface area contributed by atoms with Crippen molar-refractivity contribution in [2.45, 2.75) is 13.8 Å². The predicted molar refractivity (Wildman–Crippen MR) is 81.5 cm³/mol. The lowest BCUT2D eigenvalue weighted by atomic mass is 9.82. The van der Waals surface area contributed by atoms with Crippen molar-refractivity contribution in [2.75, 3.05) is 7.11 Å². The first-order valence-corrected chi connectivity index (χ1v) is 6.83. The van der Waals surface area contributed by atoms with Gasteiger partial charge in [-0.2, -0.15) is 0 Å². The van der Waals surface area contributed by atoms with Crippen molar-refractivity contribution in [3.63, 3.8) is 0 Å². The van der Waals surface area contributed by atoms with Gasteiger partial charge in [0.2, 0.25) is 5.91 Å². The minimum Gasteiger partial charge on any atom is -0.464 e. The zero-order valence-electron chi connectivity index (χ0n) is 13.3. The summed E-state index contributed by atoms with van der Waals surface area (Å²) in [6, 6.07) is 3.77. The molecular formula is C16H17FN2O4. The van der Waals surface area contributed by atoms with Gasteiger partial charge in [0.05, 0.1) is 18.2 Å². The average Bonchev–Trinajstić information content (AvgIpc) is 2.78. The number of esters is 1. The number of methoxy groups -OCH3 is 1. The van der Waals surface area contributed by atoms with E-state index in [1.54, 1.807) is 0 Å². The molecule has 0 aliphatic carbocycles. The lowest BCUT2D eigenvalue weighted by molar-refractivity contribution is -0.123. The predicted octanol–water partition coefficient (Wildman–Crippen LogP) is 1.80. The summed E-state index contributed by atoms with van der Waals surface area (Å²) >= 11 is 0. The number of Topliss-reactive ketones (excluding diaryl/α,β-unsaturated/α-hetero) is 1. The molecule has 0 saturated carbocycles. The maximum atomic E-state index is 13.5. The Balaban J connectivity index is 2.88. The number of hydrogen-bond acceptors (Lipinski definition) is 4. The van der Waals surface area contributed by atoms with Crippen molar-refractivity contribution >= 4 is 28.6 Å². The summed E-state index contributed by atoms with van der Waals surface area (Å²) in [6.07, 6.45) is 0. The maximum Gasteiger partial charge on any atom is 0.355 e. The highest BCUT2D eigenvalue weighted by Crippen LogP contribution is 2.32. The lowest BCUT2D eigenvalue weighted by Crippen LogP contribution is -2.39. The highest BCUT2D eigenvalue weighted by molar-refractivity contribution is 6.22. The summed E-state index contributed by atoms with van der Waals surface area (Å²) < 4.78 is 19.6. The molecule has 0 spiro atoms. The van der Waals surface area contributed by atoms with Crippen LogP contribution in [-0.4, -0.2) is 29.3 Å². The summed E-state index contributed by atoms with van der Waals surface area (Å²) in [7, 11) is 2.69. The summed E-state index contributed by atoms with van der Waals surface area (Å²) in [4.78, 5) is 36.6. The third-order valence-corrected chi connectivity index (χ3v) is 3.95. The SMILES string of the molecule is COC(=O)c1c(C(=O)C(C)(C)C(N)=O)c2ccc(F)cc2n1C. The van der Waals surface area contributed by atoms with Crippen LogP contribution in [0.4, 0.5) is 4.39 Å². The van der Waals surface area contributed by atoms with Gasteiger partial charge in [-0.15, -0.1) is 0 Å². The second kappa shape index (κ2) is 5.49. The number of nitrogens with two attached hydrogens (primary N) is 1. The maximum absolute atomic E-state index is 13.5. The first-order chi connectivity index (χ1) is 10.6. The van der Waals surface area contributed by atoms with Gasteiger partial charge in [-0.05, 0) is 32.0 Å². The quantitative estimate of drug-likeness (QED) is 0.528. The molecule has 0 bridgehead atoms. The van der Waals surface area contributed by atoms with Crippen molar-refractivity contribution in [1.82, 2.24) is 4.57 Å². The third-order valence-electron chi connectivity index (χ3n) is 3.95. The summed E-state index contributed by atoms with van der Waals surface area (Å²) in [5.41, 5.74) is 4.07. The first-order valence-electron chi connectivity index (χ1n) is 6.83. The molecule has 2 N–H and O–H groups in total. The van der Waals surface area contributed by atoms with Crippen LogP contribution in [0.15, 0.2) is 18.2 Å². The Labute approximate surface area is 132 Å². The van der Waals surface area contributed by atoms with E-state index in [0.29, 0.717) is 10.9 Å². The second-order valence-electron chi connectivity index (χ2n) is 5.75. The van der Waals surface area contributed by atoms with E-state index in [1.165, 1.54) is 50.8 Å². The Bertz CT molecular complexity index is 836. The zero-order valence-corrected chi connectivity index (χ0v) is 13.3. The Hall–Kier alpha value is -2.70. The largest absolute Gasteiger partial charge is 0.464 e. The van der Waals surface area contributed by atoms with Gasteiger partial charge in [0.25, 0.3) is 0 Å². The molecule has 7 heteroatoms. The molecule has 0 aliphatic heterocycles. The molecule has 6 nitrogen and oxygen atoms in total. The topological polar surface area (TPSA) is 91.4 Å². The normalized spacial score (nSPS) is 11.5. The van der Waals surface area contributed by atoms with Crippen LogP contribution in [0.3, 0.4) is 0 Å². The summed E-state index contributed by atoms with van der Waals surface area (Å²) in [5.74, 6) is -2.71. The number of benzene rings is 1. The van der Waals surface area contributed by atoms with E-state index in [-0.39, 0.29) is 11.3 Å². The van der Waals surface area contributed by atoms with Crippen molar-refractivity contribution in [3.8, 4) is 0 Å². The molecule has 0 atom stereocenters. The van der Waals surface area contributed by atoms with Crippen LogP contribution in [0.25, 0.3) is 10.9 Å². The molecule has 1 aromatic heterocycles. The van der Waals surface area contributed by atoms with E-state index >= 15 is 0 Å². The highest BCUT2D eigenvalue weighted by Gasteiger charge is 2.39. The van der Waals surface area contributed by atoms with Crippen molar-refractivity contribution in [2.24, 2.45) is 18.2 Å². The van der Waals surface area contributed by atoms with Crippen molar-refractivity contribution in [1.29, 1.82) is 0 Å². The standard InChI is InChI=1S/C16H17FN2O4/c1-16(2,15(18)22)13(20)11-9-6-5-8(17)7-10(9)19(3)12(11)14(21)23-4/h5-7H,1-4H3,(H2,18,22). The number of nitrogens with zero attached hydrogens (tertiary/aromatic N) is 1. The fourth-order valence-electron chi connectivity index (χ4n) is 2.40. The molecule has 122 valence electrons. The number of aromatic nitrogens is 1. The molecule has 1 aromatic carbocycles. The van der Waals surface area contributed by atoms with Gasteiger partial charge in [-0.25, -0.2) is 9.18 Å². The molecule has 0 radical (unpaired) electrons. The number of halogens is 1. The van der Waals surface area contributed by atoms with Gasteiger partial charge < -0.3 is 15.0 Å². The van der Waals surface area contributed by atoms with Crippen molar-refractivity contribution in [3.05, 3.63) is 35.3 Å². The minimum absolute atomic E-state index is 0.00171. The third kappa shape index (κ3) is 2.48. The molecule has 0 aliphatic rings. The lowest BCUT2D eigenvalue weighted by Gasteiger charge is -2.19. The average molecular weight is 320 g/mol. The molecular weight excluding hydrogens is 303 g/mol. The summed E-state index contributed by atoms with van der Waals surface area (Å²) in [6.45, 7) is 2.75. The minimum atomic E-state index is -1.52. The fraction of sp³-hybridized carbons (Fsp3) is 0.312. The number of rotatable bonds is 4. The number of hydrogen-bond donors (Lipinski definition) is 1. The van der Waals surface area contributed by atoms with Crippen LogP contribution >= 0.6 is 0 Å². The van der Waals surface area contributed by atoms with Crippen molar-refractivity contribution < 1.29 is 23.5 Å². The molecule has 2 rings (SSSR count). The van der Waals surface area contributed by atoms with Gasteiger partial charge in [0.1, 0.15) is 16.9 Å². The van der Waals surface area contributed by atoms with E-state index in [4.69, 9.17) is 10.5 Å². The van der Waals surface area contributed by atoms with Crippen LogP contribution in [0, 0.1) is 11.2 Å². The molecule has 1 amide bonds. The fourth-order valence-corrected chi connectivity index (χ4v) is 2.40. The number of amides is 1. The van der Waals surface area contributed by atoms with Gasteiger partial charge in [0.15, 0.2) is 5.78 Å². The molecule has 0 unspecified atom stereocenters. The van der Waals surface area contributed by atoms with Crippen LogP contribution in [0.1, 0.15) is 34.7 Å². The van der Waals surface area contributed by atoms with E-state index in [0.717, 1.165) is 0 Å². The Morgan fingerprint density at radius 2 is 1.87 bits per heavy atom. The van der Waals surface area contributed by atoms with E-state index in [2.05, 4.69) is 0 Å². The van der Waals surface area contributed by atoms with Crippen LogP contribution in [0.5, 0.6) is 0 Å². The van der Waals surface area contributed by atoms with E-state index in [1.807, 2.05) is 0 Å². The highest BCUT2D eigenvalue weighted by atomic mass is 19.1. The Morgan fingerprint density at radius 3 is 2.39 bits per heavy atom. The zero-order chi connectivity index (χ0) is 17.5. The monoisotopic (exact) mass is 320 g/mol.